The fraction of sp³-hybridized carbons (Fsp3) is 0.545. The summed E-state index contributed by atoms with van der Waals surface area (Å²) in [5.74, 6) is -1.01. The first-order valence-electron chi connectivity index (χ1n) is 5.57. The molecule has 0 radical (unpaired) electrons. The van der Waals surface area contributed by atoms with Crippen molar-refractivity contribution in [2.45, 2.75) is 43.0 Å². The number of aliphatic carboxylic acids is 1. The molecular weight excluding hydrogens is 290 g/mol. The first-order valence-corrected chi connectivity index (χ1v) is 7.87. The van der Waals surface area contributed by atoms with Crippen LogP contribution in [-0.2, 0) is 21.2 Å². The maximum absolute atomic E-state index is 12.1. The standard InChI is InChI=1S/C11H17NO5S2/c1-7(13)11(2,3)12-19(16,17)10-5-4-8(18-10)6-9(14)15/h4-5,7,12-13H,6H2,1-3H3,(H,14,15). The molecule has 1 atom stereocenters. The highest BCUT2D eigenvalue weighted by molar-refractivity contribution is 7.91. The summed E-state index contributed by atoms with van der Waals surface area (Å²) in [7, 11) is -3.76. The highest BCUT2D eigenvalue weighted by Gasteiger charge is 2.31. The van der Waals surface area contributed by atoms with E-state index in [1.807, 2.05) is 0 Å². The number of thiophene rings is 1. The summed E-state index contributed by atoms with van der Waals surface area (Å²) in [5.41, 5.74) is -1.00. The van der Waals surface area contributed by atoms with E-state index in [4.69, 9.17) is 5.11 Å². The predicted molar refractivity (Wildman–Crippen MR) is 71.7 cm³/mol. The molecule has 0 saturated heterocycles. The lowest BCUT2D eigenvalue weighted by Crippen LogP contribution is -2.50. The lowest BCUT2D eigenvalue weighted by Gasteiger charge is -2.28. The third kappa shape index (κ3) is 4.27. The topological polar surface area (TPSA) is 104 Å². The quantitative estimate of drug-likeness (QED) is 0.721. The van der Waals surface area contributed by atoms with Crippen molar-refractivity contribution < 1.29 is 23.4 Å². The summed E-state index contributed by atoms with van der Waals surface area (Å²) < 4.78 is 26.6. The van der Waals surface area contributed by atoms with Crippen molar-refractivity contribution in [1.82, 2.24) is 4.72 Å². The van der Waals surface area contributed by atoms with E-state index in [9.17, 15) is 18.3 Å². The van der Waals surface area contributed by atoms with Crippen molar-refractivity contribution in [2.75, 3.05) is 0 Å². The average molecular weight is 307 g/mol. The third-order valence-corrected chi connectivity index (χ3v) is 5.92. The van der Waals surface area contributed by atoms with Gasteiger partial charge < -0.3 is 10.2 Å². The van der Waals surface area contributed by atoms with Gasteiger partial charge in [-0.25, -0.2) is 13.1 Å². The SMILES string of the molecule is CC(O)C(C)(C)NS(=O)(=O)c1ccc(CC(=O)O)s1. The molecule has 8 heteroatoms. The zero-order valence-corrected chi connectivity index (χ0v) is 12.5. The highest BCUT2D eigenvalue weighted by Crippen LogP contribution is 2.24. The zero-order valence-electron chi connectivity index (χ0n) is 10.9. The normalized spacial score (nSPS) is 14.3. The summed E-state index contributed by atoms with van der Waals surface area (Å²) in [4.78, 5) is 11.0. The first kappa shape index (κ1) is 16.1. The van der Waals surface area contributed by atoms with Gasteiger partial charge in [-0.3, -0.25) is 4.79 Å². The Kier molecular flexibility index (Phi) is 4.72. The van der Waals surface area contributed by atoms with E-state index < -0.39 is 27.6 Å². The number of carbonyl (C=O) groups is 1. The van der Waals surface area contributed by atoms with E-state index in [1.165, 1.54) is 19.1 Å². The minimum atomic E-state index is -3.76. The average Bonchev–Trinajstić information content (AvgIpc) is 2.63. The molecule has 0 amide bonds. The number of nitrogens with one attached hydrogen (secondary N) is 1. The van der Waals surface area contributed by atoms with Crippen LogP contribution in [0.25, 0.3) is 0 Å². The van der Waals surface area contributed by atoms with Crippen LogP contribution in [0.3, 0.4) is 0 Å². The van der Waals surface area contributed by atoms with Gasteiger partial charge in [0.15, 0.2) is 0 Å². The molecule has 0 fully saturated rings. The molecule has 0 aliphatic carbocycles. The van der Waals surface area contributed by atoms with Gasteiger partial charge in [0.25, 0.3) is 10.0 Å². The van der Waals surface area contributed by atoms with Crippen LogP contribution >= 0.6 is 11.3 Å². The Morgan fingerprint density at radius 3 is 2.53 bits per heavy atom. The molecule has 1 unspecified atom stereocenters. The molecule has 0 saturated carbocycles. The van der Waals surface area contributed by atoms with Crippen LogP contribution < -0.4 is 4.72 Å². The van der Waals surface area contributed by atoms with Crippen molar-refractivity contribution in [1.29, 1.82) is 0 Å². The Morgan fingerprint density at radius 1 is 1.47 bits per heavy atom. The number of carboxylic acids is 1. The predicted octanol–water partition coefficient (Wildman–Crippen LogP) is 0.813. The number of carboxylic acid groups (broad SMARTS) is 1. The van der Waals surface area contributed by atoms with Gasteiger partial charge in [-0.1, -0.05) is 0 Å². The van der Waals surface area contributed by atoms with E-state index in [2.05, 4.69) is 4.72 Å². The zero-order chi connectivity index (χ0) is 14.8. The lowest BCUT2D eigenvalue weighted by molar-refractivity contribution is -0.136. The minimum Gasteiger partial charge on any atom is -0.481 e. The van der Waals surface area contributed by atoms with Crippen LogP contribution in [0, 0.1) is 0 Å². The molecule has 3 N–H and O–H groups in total. The molecular formula is C11H17NO5S2. The number of rotatable bonds is 6. The molecule has 1 aromatic rings. The summed E-state index contributed by atoms with van der Waals surface area (Å²) in [6, 6.07) is 2.84. The number of aliphatic hydroxyl groups is 1. The summed E-state index contributed by atoms with van der Waals surface area (Å²) in [5, 5.41) is 18.2. The van der Waals surface area contributed by atoms with Gasteiger partial charge in [0.05, 0.1) is 18.1 Å². The van der Waals surface area contributed by atoms with E-state index in [1.54, 1.807) is 13.8 Å². The number of hydrogen-bond acceptors (Lipinski definition) is 5. The molecule has 1 heterocycles. The van der Waals surface area contributed by atoms with Gasteiger partial charge >= 0.3 is 5.97 Å². The highest BCUT2D eigenvalue weighted by atomic mass is 32.2. The van der Waals surface area contributed by atoms with Gasteiger partial charge in [-0.2, -0.15) is 0 Å². The third-order valence-electron chi connectivity index (χ3n) is 2.67. The van der Waals surface area contributed by atoms with Crippen molar-refractivity contribution in [3.8, 4) is 0 Å². The maximum Gasteiger partial charge on any atom is 0.308 e. The Hall–Kier alpha value is -0.960. The van der Waals surface area contributed by atoms with Crippen LogP contribution in [0.15, 0.2) is 16.3 Å². The van der Waals surface area contributed by atoms with Gasteiger partial charge in [-0.05, 0) is 32.9 Å². The number of aliphatic hydroxyl groups excluding tert-OH is 1. The largest absolute Gasteiger partial charge is 0.481 e. The van der Waals surface area contributed by atoms with Crippen LogP contribution in [0.4, 0.5) is 0 Å². The molecule has 1 rings (SSSR count). The summed E-state index contributed by atoms with van der Waals surface area (Å²) in [6.45, 7) is 4.63. The number of sulfonamides is 1. The van der Waals surface area contributed by atoms with Crippen molar-refractivity contribution in [3.63, 3.8) is 0 Å². The Morgan fingerprint density at radius 2 is 2.05 bits per heavy atom. The van der Waals surface area contributed by atoms with Crippen molar-refractivity contribution >= 4 is 27.3 Å². The van der Waals surface area contributed by atoms with Crippen LogP contribution in [0.2, 0.25) is 0 Å². The fourth-order valence-corrected chi connectivity index (χ4v) is 4.05. The van der Waals surface area contributed by atoms with E-state index in [-0.39, 0.29) is 10.6 Å². The second kappa shape index (κ2) is 5.58. The molecule has 19 heavy (non-hydrogen) atoms. The van der Waals surface area contributed by atoms with E-state index in [0.717, 1.165) is 11.3 Å². The van der Waals surface area contributed by atoms with E-state index in [0.29, 0.717) is 4.88 Å². The molecule has 1 aromatic heterocycles. The van der Waals surface area contributed by atoms with Gasteiger partial charge in [0, 0.05) is 4.88 Å². The molecule has 0 spiro atoms. The maximum atomic E-state index is 12.1. The van der Waals surface area contributed by atoms with Crippen LogP contribution in [-0.4, -0.2) is 36.2 Å². The smallest absolute Gasteiger partial charge is 0.308 e. The second-order valence-corrected chi connectivity index (χ2v) is 7.87. The van der Waals surface area contributed by atoms with Crippen molar-refractivity contribution in [2.24, 2.45) is 0 Å². The van der Waals surface area contributed by atoms with E-state index >= 15 is 0 Å². The lowest BCUT2D eigenvalue weighted by atomic mass is 10.0. The van der Waals surface area contributed by atoms with Gasteiger partial charge in [-0.15, -0.1) is 11.3 Å². The molecule has 108 valence electrons. The molecule has 0 aromatic carbocycles. The summed E-state index contributed by atoms with van der Waals surface area (Å²) >= 11 is 0.908. The summed E-state index contributed by atoms with van der Waals surface area (Å²) in [6.07, 6.45) is -1.07. The Bertz CT molecular complexity index is 559. The minimum absolute atomic E-state index is 0.0393. The van der Waals surface area contributed by atoms with Gasteiger partial charge in [0.1, 0.15) is 4.21 Å². The molecule has 0 aliphatic heterocycles. The molecule has 0 aliphatic rings. The number of hydrogen-bond donors (Lipinski definition) is 3. The van der Waals surface area contributed by atoms with Gasteiger partial charge in [0.2, 0.25) is 0 Å². The first-order chi connectivity index (χ1) is 8.54. The monoisotopic (exact) mass is 307 g/mol. The fourth-order valence-electron chi connectivity index (χ4n) is 1.23. The second-order valence-electron chi connectivity index (χ2n) is 4.79. The van der Waals surface area contributed by atoms with Crippen LogP contribution in [0.1, 0.15) is 25.6 Å². The van der Waals surface area contributed by atoms with Crippen molar-refractivity contribution in [3.05, 3.63) is 17.0 Å². The molecule has 6 nitrogen and oxygen atoms in total. The molecule has 0 bridgehead atoms. The van der Waals surface area contributed by atoms with Crippen LogP contribution in [0.5, 0.6) is 0 Å². The Balaban J connectivity index is 2.95. The Labute approximate surface area is 116 Å².